The van der Waals surface area contributed by atoms with Crippen molar-refractivity contribution < 1.29 is 14.7 Å². The molecule has 1 aromatic heterocycles. The van der Waals surface area contributed by atoms with Gasteiger partial charge in [0.25, 0.3) is 5.91 Å². The summed E-state index contributed by atoms with van der Waals surface area (Å²) in [4.78, 5) is 26.2. The number of carbonyl (C=O) groups is 2. The molecule has 1 saturated carbocycles. The van der Waals surface area contributed by atoms with Crippen molar-refractivity contribution in [1.29, 1.82) is 0 Å². The van der Waals surface area contributed by atoms with Crippen LogP contribution in [-0.4, -0.2) is 45.7 Å². The number of nitrogens with one attached hydrogen (secondary N) is 1. The third-order valence-corrected chi connectivity index (χ3v) is 7.98. The molecule has 1 aromatic carbocycles. The van der Waals surface area contributed by atoms with Gasteiger partial charge in [-0.2, -0.15) is 0 Å². The second-order valence-corrected chi connectivity index (χ2v) is 10.5. The molecule has 2 N–H and O–H groups in total. The van der Waals surface area contributed by atoms with Gasteiger partial charge in [-0.05, 0) is 42.4 Å². The van der Waals surface area contributed by atoms with Crippen LogP contribution in [0.25, 0.3) is 10.9 Å². The van der Waals surface area contributed by atoms with Crippen LogP contribution in [0.5, 0.6) is 0 Å². The molecule has 2 amide bonds. The van der Waals surface area contributed by atoms with Crippen molar-refractivity contribution >= 4 is 46.1 Å². The quantitative estimate of drug-likeness (QED) is 0.672. The highest BCUT2D eigenvalue weighted by molar-refractivity contribution is 6.45. The van der Waals surface area contributed by atoms with Crippen molar-refractivity contribution in [2.45, 2.75) is 39.7 Å². The van der Waals surface area contributed by atoms with Crippen LogP contribution in [-0.2, 0) is 7.05 Å². The minimum atomic E-state index is -0.892. The van der Waals surface area contributed by atoms with Gasteiger partial charge in [-0.3, -0.25) is 4.79 Å². The van der Waals surface area contributed by atoms with E-state index in [4.69, 9.17) is 23.2 Å². The van der Waals surface area contributed by atoms with E-state index in [-0.39, 0.29) is 22.8 Å². The third kappa shape index (κ3) is 3.16. The predicted octanol–water partition coefficient (Wildman–Crippen LogP) is 5.02. The van der Waals surface area contributed by atoms with Crippen molar-refractivity contribution in [1.82, 2.24) is 14.8 Å². The topological polar surface area (TPSA) is 74.6 Å². The number of carboxylic acid groups (broad SMARTS) is 1. The molecule has 2 heterocycles. The number of aryl methyl sites for hydroxylation is 1. The van der Waals surface area contributed by atoms with E-state index in [1.54, 1.807) is 12.1 Å². The fourth-order valence-corrected chi connectivity index (χ4v) is 5.97. The molecule has 1 spiro atoms. The zero-order valence-corrected chi connectivity index (χ0v) is 19.1. The molecule has 0 radical (unpaired) electrons. The molecule has 3 unspecified atom stereocenters. The van der Waals surface area contributed by atoms with Crippen LogP contribution in [0.1, 0.15) is 44.1 Å². The van der Waals surface area contributed by atoms with Gasteiger partial charge in [0.05, 0.1) is 10.0 Å². The van der Waals surface area contributed by atoms with Gasteiger partial charge in [0, 0.05) is 42.5 Å². The van der Waals surface area contributed by atoms with Gasteiger partial charge in [0.15, 0.2) is 0 Å². The summed E-state index contributed by atoms with van der Waals surface area (Å²) >= 11 is 12.5. The Morgan fingerprint density at radius 3 is 2.57 bits per heavy atom. The van der Waals surface area contributed by atoms with Crippen molar-refractivity contribution in [2.24, 2.45) is 23.8 Å². The lowest BCUT2D eigenvalue weighted by Gasteiger charge is -2.59. The lowest BCUT2D eigenvalue weighted by atomic mass is 9.48. The van der Waals surface area contributed by atoms with E-state index in [2.05, 4.69) is 26.1 Å². The summed E-state index contributed by atoms with van der Waals surface area (Å²) in [6, 6.07) is 5.28. The van der Waals surface area contributed by atoms with Crippen molar-refractivity contribution in [3.8, 4) is 0 Å². The number of rotatable bonds is 2. The van der Waals surface area contributed by atoms with Crippen molar-refractivity contribution in [3.05, 3.63) is 33.9 Å². The minimum Gasteiger partial charge on any atom is -0.465 e. The fourth-order valence-electron chi connectivity index (χ4n) is 5.59. The van der Waals surface area contributed by atoms with Crippen LogP contribution in [0, 0.1) is 16.7 Å². The Morgan fingerprint density at radius 2 is 1.97 bits per heavy atom. The number of carbonyl (C=O) groups excluding carboxylic acids is 1. The number of benzene rings is 1. The van der Waals surface area contributed by atoms with Crippen LogP contribution in [0.3, 0.4) is 0 Å². The number of fused-ring (bicyclic) bond motifs is 1. The first-order valence-corrected chi connectivity index (χ1v) is 10.9. The first kappa shape index (κ1) is 21.3. The van der Waals surface area contributed by atoms with Gasteiger partial charge < -0.3 is 19.9 Å². The summed E-state index contributed by atoms with van der Waals surface area (Å²) in [6.45, 7) is 7.55. The number of aromatic nitrogens is 1. The zero-order valence-electron chi connectivity index (χ0n) is 17.6. The van der Waals surface area contributed by atoms with Crippen LogP contribution in [0.2, 0.25) is 10.0 Å². The van der Waals surface area contributed by atoms with Crippen LogP contribution in [0.15, 0.2) is 18.2 Å². The molecular formula is C22H27Cl2N3O3. The number of hydrogen-bond donors (Lipinski definition) is 2. The maximum Gasteiger partial charge on any atom is 0.407 e. The molecule has 0 bridgehead atoms. The van der Waals surface area contributed by atoms with Gasteiger partial charge in [0.1, 0.15) is 5.69 Å². The van der Waals surface area contributed by atoms with Crippen molar-refractivity contribution in [2.75, 3.05) is 13.1 Å². The number of halogens is 2. The predicted molar refractivity (Wildman–Crippen MR) is 118 cm³/mol. The standard InChI is InChI=1S/C22H27Cl2N3O3/c1-21(2,3)16-10-17(22(16)7-8-27(11-22)20(29)30)25-19(28)15-9-12-14(26(15)4)6-5-13(23)18(12)24/h5-6,9,16-17H,7-8,10-11H2,1-4H3,(H,25,28)(H,29,30). The summed E-state index contributed by atoms with van der Waals surface area (Å²) in [5.41, 5.74) is 1.16. The van der Waals surface area contributed by atoms with E-state index >= 15 is 0 Å². The average Bonchev–Trinajstić information content (AvgIpc) is 3.25. The smallest absolute Gasteiger partial charge is 0.407 e. The molecule has 1 aliphatic carbocycles. The first-order chi connectivity index (χ1) is 14.0. The molecule has 1 aliphatic heterocycles. The summed E-state index contributed by atoms with van der Waals surface area (Å²) in [5, 5.41) is 14.3. The Bertz CT molecular complexity index is 1040. The molecule has 2 aliphatic rings. The molecular weight excluding hydrogens is 425 g/mol. The van der Waals surface area contributed by atoms with Crippen molar-refractivity contribution in [3.63, 3.8) is 0 Å². The molecule has 6 nitrogen and oxygen atoms in total. The lowest BCUT2D eigenvalue weighted by molar-refractivity contribution is -0.0705. The SMILES string of the molecule is Cn1c(C(=O)NC2CC(C(C)(C)C)C23CCN(C(=O)O)C3)cc2c(Cl)c(Cl)ccc21. The minimum absolute atomic E-state index is 0.0413. The zero-order chi connectivity index (χ0) is 22.0. The highest BCUT2D eigenvalue weighted by atomic mass is 35.5. The van der Waals surface area contributed by atoms with E-state index in [1.807, 2.05) is 17.7 Å². The third-order valence-electron chi connectivity index (χ3n) is 7.16. The van der Waals surface area contributed by atoms with Crippen LogP contribution >= 0.6 is 23.2 Å². The summed E-state index contributed by atoms with van der Waals surface area (Å²) < 4.78 is 1.82. The molecule has 2 fully saturated rings. The molecule has 3 atom stereocenters. The number of likely N-dealkylation sites (tertiary alicyclic amines) is 1. The Kier molecular flexibility index (Phi) is 5.02. The number of nitrogens with zero attached hydrogens (tertiary/aromatic N) is 2. The Balaban J connectivity index is 1.62. The van der Waals surface area contributed by atoms with Gasteiger partial charge in [-0.1, -0.05) is 44.0 Å². The first-order valence-electron chi connectivity index (χ1n) is 10.2. The summed E-state index contributed by atoms with van der Waals surface area (Å²) in [7, 11) is 1.83. The van der Waals surface area contributed by atoms with Gasteiger partial charge in [0.2, 0.25) is 0 Å². The second-order valence-electron chi connectivity index (χ2n) is 9.75. The molecule has 30 heavy (non-hydrogen) atoms. The van der Waals surface area contributed by atoms with Crippen LogP contribution in [0.4, 0.5) is 4.79 Å². The highest BCUT2D eigenvalue weighted by Gasteiger charge is 2.62. The van der Waals surface area contributed by atoms with Gasteiger partial charge >= 0.3 is 6.09 Å². The Morgan fingerprint density at radius 1 is 1.27 bits per heavy atom. The average molecular weight is 452 g/mol. The molecule has 8 heteroatoms. The lowest BCUT2D eigenvalue weighted by Crippen LogP contribution is -2.65. The summed E-state index contributed by atoms with van der Waals surface area (Å²) in [5.74, 6) is 0.173. The molecule has 2 aromatic rings. The summed E-state index contributed by atoms with van der Waals surface area (Å²) in [6.07, 6.45) is 0.721. The van der Waals surface area contributed by atoms with Crippen LogP contribution < -0.4 is 5.32 Å². The van der Waals surface area contributed by atoms with Gasteiger partial charge in [-0.25, -0.2) is 4.79 Å². The Hall–Kier alpha value is -1.92. The highest BCUT2D eigenvalue weighted by Crippen LogP contribution is 2.59. The number of amides is 2. The van der Waals surface area contributed by atoms with E-state index in [0.29, 0.717) is 34.7 Å². The monoisotopic (exact) mass is 451 g/mol. The van der Waals surface area contributed by atoms with E-state index < -0.39 is 6.09 Å². The maximum absolute atomic E-state index is 13.2. The van der Waals surface area contributed by atoms with E-state index in [0.717, 1.165) is 23.7 Å². The Labute approximate surface area is 186 Å². The van der Waals surface area contributed by atoms with Gasteiger partial charge in [-0.15, -0.1) is 0 Å². The van der Waals surface area contributed by atoms with E-state index in [1.165, 1.54) is 4.90 Å². The molecule has 4 rings (SSSR count). The molecule has 162 valence electrons. The number of hydrogen-bond acceptors (Lipinski definition) is 2. The molecule has 1 saturated heterocycles. The largest absolute Gasteiger partial charge is 0.465 e. The fraction of sp³-hybridized carbons (Fsp3) is 0.545. The normalized spacial score (nSPS) is 26.3. The van der Waals surface area contributed by atoms with E-state index in [9.17, 15) is 14.7 Å². The maximum atomic E-state index is 13.2. The second kappa shape index (κ2) is 7.06.